The number of piperazine rings is 1. The van der Waals surface area contributed by atoms with Gasteiger partial charge in [-0.25, -0.2) is 0 Å². The van der Waals surface area contributed by atoms with Crippen LogP contribution in [0.5, 0.6) is 0 Å². The minimum absolute atomic E-state index is 0.147. The molecule has 6 heteroatoms. The van der Waals surface area contributed by atoms with Crippen molar-refractivity contribution in [3.8, 4) is 0 Å². The van der Waals surface area contributed by atoms with Crippen molar-refractivity contribution in [2.45, 2.75) is 19.0 Å². The van der Waals surface area contributed by atoms with Gasteiger partial charge in [-0.2, -0.15) is 13.2 Å². The Kier molecular flexibility index (Phi) is 5.51. The second-order valence-electron chi connectivity index (χ2n) is 4.13. The summed E-state index contributed by atoms with van der Waals surface area (Å²) in [5, 5.41) is 8.74. The molecule has 0 aromatic rings. The summed E-state index contributed by atoms with van der Waals surface area (Å²) in [4.78, 5) is 4.18. The Hall–Kier alpha value is -0.330. The Labute approximate surface area is 93.8 Å². The predicted octanol–water partition coefficient (Wildman–Crippen LogP) is 0.939. The fraction of sp³-hybridized carbons (Fsp3) is 1.00. The fourth-order valence-corrected chi connectivity index (χ4v) is 1.88. The summed E-state index contributed by atoms with van der Waals surface area (Å²) in [5.74, 6) is 0. The fourth-order valence-electron chi connectivity index (χ4n) is 1.88. The van der Waals surface area contributed by atoms with Crippen LogP contribution in [0.15, 0.2) is 0 Å². The van der Waals surface area contributed by atoms with Crippen LogP contribution in [0.3, 0.4) is 0 Å². The zero-order valence-corrected chi connectivity index (χ0v) is 9.34. The second-order valence-corrected chi connectivity index (χ2v) is 4.13. The number of rotatable bonds is 5. The van der Waals surface area contributed by atoms with Crippen molar-refractivity contribution in [2.75, 3.05) is 45.9 Å². The molecule has 0 aliphatic carbocycles. The molecule has 0 atom stereocenters. The molecule has 16 heavy (non-hydrogen) atoms. The van der Waals surface area contributed by atoms with E-state index in [-0.39, 0.29) is 13.0 Å². The van der Waals surface area contributed by atoms with Gasteiger partial charge in [0.1, 0.15) is 0 Å². The Morgan fingerprint density at radius 3 is 1.88 bits per heavy atom. The average molecular weight is 240 g/mol. The van der Waals surface area contributed by atoms with E-state index in [9.17, 15) is 13.2 Å². The van der Waals surface area contributed by atoms with Crippen molar-refractivity contribution in [1.82, 2.24) is 9.80 Å². The number of halogens is 3. The predicted molar refractivity (Wildman–Crippen MR) is 55.3 cm³/mol. The van der Waals surface area contributed by atoms with Gasteiger partial charge in [0.2, 0.25) is 0 Å². The van der Waals surface area contributed by atoms with Crippen molar-refractivity contribution in [3.63, 3.8) is 0 Å². The maximum Gasteiger partial charge on any atom is 0.389 e. The topological polar surface area (TPSA) is 26.7 Å². The first kappa shape index (κ1) is 13.7. The number of β-amino-alcohol motifs (C(OH)–C–C–N with tert-alkyl or cyclic N) is 1. The number of hydrogen-bond acceptors (Lipinski definition) is 3. The molecule has 1 fully saturated rings. The van der Waals surface area contributed by atoms with Crippen molar-refractivity contribution >= 4 is 0 Å². The Bertz CT molecular complexity index is 191. The lowest BCUT2D eigenvalue weighted by atomic mass is 10.2. The minimum Gasteiger partial charge on any atom is -0.395 e. The molecule has 1 N–H and O–H groups in total. The van der Waals surface area contributed by atoms with E-state index in [1.54, 1.807) is 0 Å². The zero-order chi connectivity index (χ0) is 12.0. The van der Waals surface area contributed by atoms with Gasteiger partial charge in [-0.15, -0.1) is 0 Å². The van der Waals surface area contributed by atoms with E-state index < -0.39 is 12.6 Å². The van der Waals surface area contributed by atoms with Gasteiger partial charge in [-0.05, 0) is 13.0 Å². The molecule has 0 amide bonds. The third kappa shape index (κ3) is 5.67. The van der Waals surface area contributed by atoms with Crippen LogP contribution in [-0.2, 0) is 0 Å². The van der Waals surface area contributed by atoms with Gasteiger partial charge < -0.3 is 10.0 Å². The van der Waals surface area contributed by atoms with E-state index in [0.29, 0.717) is 13.1 Å². The molecule has 96 valence electrons. The maximum absolute atomic E-state index is 11.9. The van der Waals surface area contributed by atoms with Crippen molar-refractivity contribution in [1.29, 1.82) is 0 Å². The van der Waals surface area contributed by atoms with E-state index in [0.717, 1.165) is 26.2 Å². The van der Waals surface area contributed by atoms with Gasteiger partial charge in [0.15, 0.2) is 0 Å². The van der Waals surface area contributed by atoms with E-state index in [1.165, 1.54) is 0 Å². The zero-order valence-electron chi connectivity index (χ0n) is 9.34. The van der Waals surface area contributed by atoms with Crippen molar-refractivity contribution in [3.05, 3.63) is 0 Å². The van der Waals surface area contributed by atoms with Gasteiger partial charge in [-0.3, -0.25) is 4.90 Å². The van der Waals surface area contributed by atoms with Crippen LogP contribution in [0.2, 0.25) is 0 Å². The first-order valence-corrected chi connectivity index (χ1v) is 5.63. The van der Waals surface area contributed by atoms with Crippen LogP contribution in [-0.4, -0.2) is 67.0 Å². The summed E-state index contributed by atoms with van der Waals surface area (Å²) in [6.45, 7) is 4.62. The molecule has 0 bridgehead atoms. The smallest absolute Gasteiger partial charge is 0.389 e. The molecule has 0 unspecified atom stereocenters. The highest BCUT2D eigenvalue weighted by atomic mass is 19.4. The van der Waals surface area contributed by atoms with Gasteiger partial charge in [0, 0.05) is 39.1 Å². The van der Waals surface area contributed by atoms with E-state index in [1.807, 2.05) is 0 Å². The molecular formula is C10H19F3N2O. The summed E-state index contributed by atoms with van der Waals surface area (Å²) in [7, 11) is 0. The molecule has 1 aliphatic heterocycles. The SMILES string of the molecule is OCCN1CCN(CCCC(F)(F)F)CC1. The normalized spacial score (nSPS) is 20.2. The minimum atomic E-state index is -4.03. The van der Waals surface area contributed by atoms with Gasteiger partial charge in [0.25, 0.3) is 0 Å². The largest absolute Gasteiger partial charge is 0.395 e. The van der Waals surface area contributed by atoms with Crippen LogP contribution in [0.4, 0.5) is 13.2 Å². The van der Waals surface area contributed by atoms with Crippen molar-refractivity contribution < 1.29 is 18.3 Å². The van der Waals surface area contributed by atoms with Crippen molar-refractivity contribution in [2.24, 2.45) is 0 Å². The molecule has 1 heterocycles. The number of aliphatic hydroxyl groups is 1. The summed E-state index contributed by atoms with van der Waals surface area (Å²) in [6.07, 6.45) is -4.54. The highest BCUT2D eigenvalue weighted by Crippen LogP contribution is 2.21. The lowest BCUT2D eigenvalue weighted by Gasteiger charge is -2.34. The van der Waals surface area contributed by atoms with Crippen LogP contribution in [0, 0.1) is 0 Å². The highest BCUT2D eigenvalue weighted by Gasteiger charge is 2.26. The molecule has 1 rings (SSSR count). The number of aliphatic hydroxyl groups excluding tert-OH is 1. The monoisotopic (exact) mass is 240 g/mol. The molecular weight excluding hydrogens is 221 g/mol. The summed E-state index contributed by atoms with van der Waals surface area (Å²) in [6, 6.07) is 0. The molecule has 0 spiro atoms. The summed E-state index contributed by atoms with van der Waals surface area (Å²) >= 11 is 0. The summed E-state index contributed by atoms with van der Waals surface area (Å²) < 4.78 is 35.8. The third-order valence-electron chi connectivity index (χ3n) is 2.82. The van der Waals surface area contributed by atoms with Gasteiger partial charge >= 0.3 is 6.18 Å². The number of alkyl halides is 3. The van der Waals surface area contributed by atoms with Gasteiger partial charge in [-0.1, -0.05) is 0 Å². The molecule has 3 nitrogen and oxygen atoms in total. The Morgan fingerprint density at radius 2 is 1.44 bits per heavy atom. The van der Waals surface area contributed by atoms with Crippen LogP contribution in [0.25, 0.3) is 0 Å². The third-order valence-corrected chi connectivity index (χ3v) is 2.82. The van der Waals surface area contributed by atoms with Crippen LogP contribution in [0.1, 0.15) is 12.8 Å². The second kappa shape index (κ2) is 6.42. The summed E-state index contributed by atoms with van der Waals surface area (Å²) in [5.41, 5.74) is 0. The van der Waals surface area contributed by atoms with E-state index >= 15 is 0 Å². The lowest BCUT2D eigenvalue weighted by Crippen LogP contribution is -2.47. The molecule has 0 saturated carbocycles. The number of hydrogen-bond donors (Lipinski definition) is 1. The highest BCUT2D eigenvalue weighted by molar-refractivity contribution is 4.71. The average Bonchev–Trinajstić information content (AvgIpc) is 2.19. The lowest BCUT2D eigenvalue weighted by molar-refractivity contribution is -0.136. The Balaban J connectivity index is 2.08. The molecule has 0 aromatic heterocycles. The quantitative estimate of drug-likeness (QED) is 0.774. The standard InChI is InChI=1S/C10H19F3N2O/c11-10(12,13)2-1-3-14-4-6-15(7-5-14)8-9-16/h16H,1-9H2. The van der Waals surface area contributed by atoms with Crippen LogP contribution < -0.4 is 0 Å². The Morgan fingerprint density at radius 1 is 0.938 bits per heavy atom. The first-order chi connectivity index (χ1) is 7.51. The molecule has 0 radical (unpaired) electrons. The number of nitrogens with zero attached hydrogens (tertiary/aromatic N) is 2. The molecule has 1 aliphatic rings. The van der Waals surface area contributed by atoms with E-state index in [4.69, 9.17) is 5.11 Å². The van der Waals surface area contributed by atoms with Crippen LogP contribution >= 0.6 is 0 Å². The molecule has 1 saturated heterocycles. The maximum atomic E-state index is 11.9. The first-order valence-electron chi connectivity index (χ1n) is 5.63. The van der Waals surface area contributed by atoms with E-state index in [2.05, 4.69) is 9.80 Å². The molecule has 0 aromatic carbocycles. The van der Waals surface area contributed by atoms with Gasteiger partial charge in [0.05, 0.1) is 6.61 Å².